The van der Waals surface area contributed by atoms with Crippen LogP contribution in [0, 0.1) is 5.92 Å². The summed E-state index contributed by atoms with van der Waals surface area (Å²) in [6, 6.07) is 1.07. The topological polar surface area (TPSA) is 58.4 Å². The summed E-state index contributed by atoms with van der Waals surface area (Å²) in [6.45, 7) is 6.39. The predicted molar refractivity (Wildman–Crippen MR) is 73.2 cm³/mol. The van der Waals surface area contributed by atoms with E-state index in [4.69, 9.17) is 5.73 Å². The fourth-order valence-corrected chi connectivity index (χ4v) is 2.28. The van der Waals surface area contributed by atoms with Crippen LogP contribution in [0.4, 0.5) is 0 Å². The molecule has 2 aliphatic carbocycles. The van der Waals surface area contributed by atoms with E-state index in [2.05, 4.69) is 24.1 Å². The molecule has 104 valence electrons. The van der Waals surface area contributed by atoms with Crippen LogP contribution >= 0.6 is 0 Å². The van der Waals surface area contributed by atoms with Gasteiger partial charge in [0.2, 0.25) is 5.91 Å². The van der Waals surface area contributed by atoms with Crippen LogP contribution in [0.15, 0.2) is 0 Å². The molecule has 0 radical (unpaired) electrons. The molecule has 1 amide bonds. The summed E-state index contributed by atoms with van der Waals surface area (Å²) < 4.78 is 0. The fraction of sp³-hybridized carbons (Fsp3) is 0.929. The maximum Gasteiger partial charge on any atom is 0.235 e. The highest BCUT2D eigenvalue weighted by Gasteiger charge is 2.33. The third kappa shape index (κ3) is 4.58. The lowest BCUT2D eigenvalue weighted by Gasteiger charge is -2.27. The van der Waals surface area contributed by atoms with E-state index in [1.165, 1.54) is 32.1 Å². The number of rotatable bonds is 9. The van der Waals surface area contributed by atoms with Crippen molar-refractivity contribution in [1.82, 2.24) is 10.2 Å². The van der Waals surface area contributed by atoms with Gasteiger partial charge in [0, 0.05) is 18.6 Å². The Balaban J connectivity index is 1.82. The highest BCUT2D eigenvalue weighted by molar-refractivity contribution is 5.80. The van der Waals surface area contributed by atoms with Gasteiger partial charge in [-0.05, 0) is 44.6 Å². The summed E-state index contributed by atoms with van der Waals surface area (Å²) >= 11 is 0. The second kappa shape index (κ2) is 6.02. The molecule has 0 aromatic rings. The standard InChI is InChI=1S/C14H27N3O/c1-10(2)7-8-17(12-5-6-12)9-13(14(15)18)16-11-3-4-11/h10-13,16H,3-9H2,1-2H3,(H2,15,18). The molecular formula is C14H27N3O. The van der Waals surface area contributed by atoms with Gasteiger partial charge in [-0.25, -0.2) is 0 Å². The summed E-state index contributed by atoms with van der Waals surface area (Å²) in [4.78, 5) is 14.0. The van der Waals surface area contributed by atoms with E-state index in [-0.39, 0.29) is 11.9 Å². The molecule has 0 heterocycles. The number of carbonyl (C=O) groups excluding carboxylic acids is 1. The van der Waals surface area contributed by atoms with Gasteiger partial charge in [-0.1, -0.05) is 13.8 Å². The Labute approximate surface area is 110 Å². The number of carbonyl (C=O) groups is 1. The number of nitrogens with one attached hydrogen (secondary N) is 1. The van der Waals surface area contributed by atoms with Gasteiger partial charge in [-0.3, -0.25) is 9.69 Å². The molecule has 0 aromatic heterocycles. The Kier molecular flexibility index (Phi) is 4.62. The molecule has 2 fully saturated rings. The maximum absolute atomic E-state index is 11.5. The lowest BCUT2D eigenvalue weighted by Crippen LogP contribution is -2.50. The average Bonchev–Trinajstić information content (AvgIpc) is 3.13. The van der Waals surface area contributed by atoms with Gasteiger partial charge in [0.05, 0.1) is 6.04 Å². The minimum absolute atomic E-state index is 0.162. The first-order chi connectivity index (χ1) is 8.56. The molecule has 4 nitrogen and oxygen atoms in total. The number of nitrogens with zero attached hydrogens (tertiary/aromatic N) is 1. The van der Waals surface area contributed by atoms with Crippen LogP contribution in [0.2, 0.25) is 0 Å². The Morgan fingerprint density at radius 1 is 1.33 bits per heavy atom. The van der Waals surface area contributed by atoms with E-state index in [1.54, 1.807) is 0 Å². The smallest absolute Gasteiger partial charge is 0.235 e. The SMILES string of the molecule is CC(C)CCN(CC(NC1CC1)C(N)=O)C1CC1. The first-order valence-corrected chi connectivity index (χ1v) is 7.35. The molecule has 4 heteroatoms. The number of nitrogens with two attached hydrogens (primary N) is 1. The number of primary amides is 1. The van der Waals surface area contributed by atoms with Crippen molar-refractivity contribution in [2.75, 3.05) is 13.1 Å². The van der Waals surface area contributed by atoms with Crippen LogP contribution in [0.25, 0.3) is 0 Å². The van der Waals surface area contributed by atoms with E-state index in [0.717, 1.165) is 19.0 Å². The summed E-state index contributed by atoms with van der Waals surface area (Å²) in [5.41, 5.74) is 5.51. The van der Waals surface area contributed by atoms with Gasteiger partial charge < -0.3 is 11.1 Å². The molecule has 18 heavy (non-hydrogen) atoms. The number of amides is 1. The summed E-state index contributed by atoms with van der Waals surface area (Å²) in [5, 5.41) is 3.37. The molecule has 1 atom stereocenters. The zero-order valence-corrected chi connectivity index (χ0v) is 11.7. The Morgan fingerprint density at radius 3 is 2.44 bits per heavy atom. The first kappa shape index (κ1) is 13.8. The highest BCUT2D eigenvalue weighted by Crippen LogP contribution is 2.28. The van der Waals surface area contributed by atoms with Crippen molar-refractivity contribution in [3.63, 3.8) is 0 Å². The van der Waals surface area contributed by atoms with E-state index >= 15 is 0 Å². The van der Waals surface area contributed by atoms with Crippen LogP contribution < -0.4 is 11.1 Å². The molecule has 0 bridgehead atoms. The molecular weight excluding hydrogens is 226 g/mol. The maximum atomic E-state index is 11.5. The monoisotopic (exact) mass is 253 g/mol. The molecule has 2 saturated carbocycles. The zero-order chi connectivity index (χ0) is 13.1. The fourth-order valence-electron chi connectivity index (χ4n) is 2.28. The molecule has 2 aliphatic rings. The van der Waals surface area contributed by atoms with Crippen molar-refractivity contribution in [2.24, 2.45) is 11.7 Å². The zero-order valence-electron chi connectivity index (χ0n) is 11.7. The van der Waals surface area contributed by atoms with E-state index in [0.29, 0.717) is 12.1 Å². The Bertz CT molecular complexity index is 285. The third-order valence-electron chi connectivity index (χ3n) is 3.83. The molecule has 0 saturated heterocycles. The summed E-state index contributed by atoms with van der Waals surface area (Å²) in [5.74, 6) is 0.520. The van der Waals surface area contributed by atoms with Crippen molar-refractivity contribution in [2.45, 2.75) is 64.1 Å². The van der Waals surface area contributed by atoms with Crippen LogP contribution in [0.1, 0.15) is 46.0 Å². The van der Waals surface area contributed by atoms with Crippen molar-refractivity contribution in [1.29, 1.82) is 0 Å². The van der Waals surface area contributed by atoms with Crippen LogP contribution in [0.3, 0.4) is 0 Å². The van der Waals surface area contributed by atoms with Crippen molar-refractivity contribution in [3.05, 3.63) is 0 Å². The molecule has 3 N–H and O–H groups in total. The van der Waals surface area contributed by atoms with Gasteiger partial charge in [0.25, 0.3) is 0 Å². The second-order valence-corrected chi connectivity index (χ2v) is 6.30. The summed E-state index contributed by atoms with van der Waals surface area (Å²) in [6.07, 6.45) is 6.16. The van der Waals surface area contributed by atoms with Crippen molar-refractivity contribution >= 4 is 5.91 Å². The predicted octanol–water partition coefficient (Wildman–Crippen LogP) is 1.10. The van der Waals surface area contributed by atoms with Crippen LogP contribution in [-0.4, -0.2) is 42.0 Å². The van der Waals surface area contributed by atoms with Gasteiger partial charge >= 0.3 is 0 Å². The third-order valence-corrected chi connectivity index (χ3v) is 3.83. The largest absolute Gasteiger partial charge is 0.368 e. The highest BCUT2D eigenvalue weighted by atomic mass is 16.1. The Morgan fingerprint density at radius 2 is 2.00 bits per heavy atom. The van der Waals surface area contributed by atoms with Gasteiger partial charge in [-0.2, -0.15) is 0 Å². The molecule has 1 unspecified atom stereocenters. The molecule has 2 rings (SSSR count). The number of hydrogen-bond acceptors (Lipinski definition) is 3. The van der Waals surface area contributed by atoms with E-state index in [1.807, 2.05) is 0 Å². The number of hydrogen-bond donors (Lipinski definition) is 2. The second-order valence-electron chi connectivity index (χ2n) is 6.30. The lowest BCUT2D eigenvalue weighted by molar-refractivity contribution is -0.120. The van der Waals surface area contributed by atoms with Gasteiger partial charge in [-0.15, -0.1) is 0 Å². The van der Waals surface area contributed by atoms with E-state index < -0.39 is 0 Å². The Hall–Kier alpha value is -0.610. The van der Waals surface area contributed by atoms with Crippen molar-refractivity contribution < 1.29 is 4.79 Å². The quantitative estimate of drug-likeness (QED) is 0.647. The molecule has 0 spiro atoms. The van der Waals surface area contributed by atoms with Crippen LogP contribution in [0.5, 0.6) is 0 Å². The first-order valence-electron chi connectivity index (χ1n) is 7.35. The lowest BCUT2D eigenvalue weighted by atomic mass is 10.1. The van der Waals surface area contributed by atoms with Crippen LogP contribution in [-0.2, 0) is 4.79 Å². The van der Waals surface area contributed by atoms with E-state index in [9.17, 15) is 4.79 Å². The van der Waals surface area contributed by atoms with Gasteiger partial charge in [0.1, 0.15) is 0 Å². The molecule has 0 aliphatic heterocycles. The van der Waals surface area contributed by atoms with Gasteiger partial charge in [0.15, 0.2) is 0 Å². The average molecular weight is 253 g/mol. The summed E-state index contributed by atoms with van der Waals surface area (Å²) in [7, 11) is 0. The van der Waals surface area contributed by atoms with Crippen molar-refractivity contribution in [3.8, 4) is 0 Å². The molecule has 0 aromatic carbocycles. The minimum atomic E-state index is -0.197. The minimum Gasteiger partial charge on any atom is -0.368 e. The normalized spacial score (nSPS) is 21.6.